The Balaban J connectivity index is 2.55. The lowest BCUT2D eigenvalue weighted by Gasteiger charge is -2.30. The van der Waals surface area contributed by atoms with E-state index >= 15 is 0 Å². The predicted molar refractivity (Wildman–Crippen MR) is 68.7 cm³/mol. The van der Waals surface area contributed by atoms with Crippen molar-refractivity contribution in [2.24, 2.45) is 0 Å². The summed E-state index contributed by atoms with van der Waals surface area (Å²) < 4.78 is 0. The number of nitrogens with zero attached hydrogens (tertiary/aromatic N) is 1. The van der Waals surface area contributed by atoms with Crippen molar-refractivity contribution in [3.05, 3.63) is 0 Å². The maximum atomic E-state index is 12.1. The van der Waals surface area contributed by atoms with Gasteiger partial charge in [-0.15, -0.1) is 0 Å². The molecule has 1 unspecified atom stereocenters. The van der Waals surface area contributed by atoms with Crippen LogP contribution in [0.25, 0.3) is 0 Å². The van der Waals surface area contributed by atoms with Crippen LogP contribution >= 0.6 is 0 Å². The molecule has 7 nitrogen and oxygen atoms in total. The summed E-state index contributed by atoms with van der Waals surface area (Å²) in [6.45, 7) is 4.38. The van der Waals surface area contributed by atoms with Crippen LogP contribution in [0.2, 0.25) is 0 Å². The molecule has 108 valence electrons. The van der Waals surface area contributed by atoms with Gasteiger partial charge in [0, 0.05) is 19.1 Å². The molecule has 1 aliphatic rings. The van der Waals surface area contributed by atoms with Crippen molar-refractivity contribution in [2.45, 2.75) is 45.2 Å². The first-order valence-corrected chi connectivity index (χ1v) is 6.48. The molecule has 0 spiro atoms. The maximum Gasteiger partial charge on any atom is 0.318 e. The van der Waals surface area contributed by atoms with E-state index in [9.17, 15) is 14.4 Å². The molecule has 7 heteroatoms. The normalized spacial score (nSPS) is 18.9. The summed E-state index contributed by atoms with van der Waals surface area (Å²) in [6, 6.07) is -1.03. The van der Waals surface area contributed by atoms with E-state index in [4.69, 9.17) is 5.11 Å². The zero-order valence-corrected chi connectivity index (χ0v) is 11.3. The predicted octanol–water partition coefficient (Wildman–Crippen LogP) is 0.160. The standard InChI is InChI=1S/C12H21N3O4/c1-8(2)15(7-5-10(16)17)12(19)14-9-4-3-6-13-11(9)18/h8-9H,3-7H2,1-2H3,(H,13,18)(H,14,19)(H,16,17). The summed E-state index contributed by atoms with van der Waals surface area (Å²) in [4.78, 5) is 35.6. The molecule has 1 rings (SSSR count). The molecular formula is C12H21N3O4. The van der Waals surface area contributed by atoms with Crippen LogP contribution in [0.1, 0.15) is 33.1 Å². The number of piperidine rings is 1. The Kier molecular flexibility index (Phi) is 5.59. The van der Waals surface area contributed by atoms with Crippen LogP contribution < -0.4 is 10.6 Å². The molecule has 0 bridgehead atoms. The van der Waals surface area contributed by atoms with Crippen LogP contribution in [0.15, 0.2) is 0 Å². The highest BCUT2D eigenvalue weighted by Gasteiger charge is 2.26. The number of aliphatic carboxylic acids is 1. The number of carboxylic acids is 1. The summed E-state index contributed by atoms with van der Waals surface area (Å²) in [5, 5.41) is 14.0. The van der Waals surface area contributed by atoms with E-state index in [-0.39, 0.29) is 24.9 Å². The quantitative estimate of drug-likeness (QED) is 0.663. The molecule has 0 saturated carbocycles. The van der Waals surface area contributed by atoms with Gasteiger partial charge in [-0.3, -0.25) is 9.59 Å². The third-order valence-electron chi connectivity index (χ3n) is 3.03. The van der Waals surface area contributed by atoms with Crippen LogP contribution in [-0.2, 0) is 9.59 Å². The smallest absolute Gasteiger partial charge is 0.318 e. The van der Waals surface area contributed by atoms with Crippen LogP contribution in [-0.4, -0.2) is 53.1 Å². The van der Waals surface area contributed by atoms with Gasteiger partial charge in [-0.05, 0) is 26.7 Å². The topological polar surface area (TPSA) is 98.7 Å². The van der Waals surface area contributed by atoms with E-state index < -0.39 is 18.0 Å². The van der Waals surface area contributed by atoms with Crippen molar-refractivity contribution >= 4 is 17.9 Å². The summed E-state index contributed by atoms with van der Waals surface area (Å²) >= 11 is 0. The first kappa shape index (κ1) is 15.3. The van der Waals surface area contributed by atoms with Crippen LogP contribution in [0, 0.1) is 0 Å². The van der Waals surface area contributed by atoms with Gasteiger partial charge in [0.05, 0.1) is 6.42 Å². The molecule has 1 atom stereocenters. The second-order valence-corrected chi connectivity index (χ2v) is 4.87. The highest BCUT2D eigenvalue weighted by atomic mass is 16.4. The Morgan fingerprint density at radius 2 is 2.21 bits per heavy atom. The molecule has 1 aliphatic heterocycles. The molecule has 1 saturated heterocycles. The molecule has 0 aromatic heterocycles. The van der Waals surface area contributed by atoms with Crippen molar-refractivity contribution in [3.8, 4) is 0 Å². The van der Waals surface area contributed by atoms with E-state index in [0.717, 1.165) is 6.42 Å². The van der Waals surface area contributed by atoms with Gasteiger partial charge in [0.25, 0.3) is 0 Å². The number of hydrogen-bond donors (Lipinski definition) is 3. The molecule has 1 heterocycles. The highest BCUT2D eigenvalue weighted by Crippen LogP contribution is 2.06. The number of carbonyl (C=O) groups excluding carboxylic acids is 2. The third kappa shape index (κ3) is 4.76. The Hall–Kier alpha value is -1.79. The summed E-state index contributed by atoms with van der Waals surface area (Å²) in [6.07, 6.45) is 1.33. The molecule has 1 fully saturated rings. The number of carboxylic acid groups (broad SMARTS) is 1. The Morgan fingerprint density at radius 3 is 2.74 bits per heavy atom. The van der Waals surface area contributed by atoms with Gasteiger partial charge >= 0.3 is 12.0 Å². The molecule has 3 amide bonds. The SMILES string of the molecule is CC(C)N(CCC(=O)O)C(=O)NC1CCCNC1=O. The molecule has 19 heavy (non-hydrogen) atoms. The van der Waals surface area contributed by atoms with Crippen molar-refractivity contribution in [1.82, 2.24) is 15.5 Å². The lowest BCUT2D eigenvalue weighted by Crippen LogP contribution is -2.55. The zero-order valence-electron chi connectivity index (χ0n) is 11.3. The maximum absolute atomic E-state index is 12.1. The van der Waals surface area contributed by atoms with Gasteiger partial charge in [0.15, 0.2) is 0 Å². The monoisotopic (exact) mass is 271 g/mol. The second-order valence-electron chi connectivity index (χ2n) is 4.87. The summed E-state index contributed by atoms with van der Waals surface area (Å²) in [7, 11) is 0. The average molecular weight is 271 g/mol. The van der Waals surface area contributed by atoms with Gasteiger partial charge in [0.2, 0.25) is 5.91 Å². The van der Waals surface area contributed by atoms with Crippen molar-refractivity contribution in [1.29, 1.82) is 0 Å². The molecule has 0 aliphatic carbocycles. The fourth-order valence-electron chi connectivity index (χ4n) is 1.95. The minimum Gasteiger partial charge on any atom is -0.481 e. The van der Waals surface area contributed by atoms with Crippen molar-refractivity contribution in [3.63, 3.8) is 0 Å². The van der Waals surface area contributed by atoms with Crippen molar-refractivity contribution < 1.29 is 19.5 Å². The van der Waals surface area contributed by atoms with Crippen LogP contribution in [0.5, 0.6) is 0 Å². The van der Waals surface area contributed by atoms with Gasteiger partial charge in [-0.25, -0.2) is 4.79 Å². The number of amides is 3. The average Bonchev–Trinajstić information content (AvgIpc) is 2.31. The largest absolute Gasteiger partial charge is 0.481 e. The van der Waals surface area contributed by atoms with E-state index in [2.05, 4.69) is 10.6 Å². The summed E-state index contributed by atoms with van der Waals surface area (Å²) in [5.74, 6) is -1.13. The van der Waals surface area contributed by atoms with Crippen molar-refractivity contribution in [2.75, 3.05) is 13.1 Å². The minimum atomic E-state index is -0.950. The van der Waals surface area contributed by atoms with Gasteiger partial charge in [0.1, 0.15) is 6.04 Å². The molecule has 0 radical (unpaired) electrons. The fraction of sp³-hybridized carbons (Fsp3) is 0.750. The Morgan fingerprint density at radius 1 is 1.53 bits per heavy atom. The fourth-order valence-corrected chi connectivity index (χ4v) is 1.95. The van der Waals surface area contributed by atoms with E-state index in [1.54, 1.807) is 0 Å². The third-order valence-corrected chi connectivity index (χ3v) is 3.03. The second kappa shape index (κ2) is 6.96. The Labute approximate surface area is 112 Å². The molecule has 0 aromatic carbocycles. The number of nitrogens with one attached hydrogen (secondary N) is 2. The van der Waals surface area contributed by atoms with Gasteiger partial charge in [-0.2, -0.15) is 0 Å². The summed E-state index contributed by atoms with van der Waals surface area (Å²) in [5.41, 5.74) is 0. The first-order valence-electron chi connectivity index (χ1n) is 6.48. The number of carbonyl (C=O) groups is 3. The van der Waals surface area contributed by atoms with Gasteiger partial charge in [-0.1, -0.05) is 0 Å². The Bertz CT molecular complexity index is 357. The highest BCUT2D eigenvalue weighted by molar-refractivity contribution is 5.87. The van der Waals surface area contributed by atoms with Gasteiger partial charge < -0.3 is 20.6 Å². The van der Waals surface area contributed by atoms with Crippen LogP contribution in [0.4, 0.5) is 4.79 Å². The minimum absolute atomic E-state index is 0.109. The lowest BCUT2D eigenvalue weighted by molar-refractivity contribution is -0.137. The van der Waals surface area contributed by atoms with E-state index in [1.807, 2.05) is 13.8 Å². The number of hydrogen-bond acceptors (Lipinski definition) is 3. The molecule has 3 N–H and O–H groups in total. The van der Waals surface area contributed by atoms with E-state index in [1.165, 1.54) is 4.90 Å². The van der Waals surface area contributed by atoms with E-state index in [0.29, 0.717) is 13.0 Å². The number of rotatable bonds is 5. The molecular weight excluding hydrogens is 250 g/mol. The molecule has 0 aromatic rings. The number of urea groups is 1. The first-order chi connectivity index (χ1) is 8.91. The lowest BCUT2D eigenvalue weighted by atomic mass is 10.1. The zero-order chi connectivity index (χ0) is 14.4. The van der Waals surface area contributed by atoms with Crippen LogP contribution in [0.3, 0.4) is 0 Å².